The molecule has 1 aromatic rings. The number of carbonyl (C=O) groups excluding carboxylic acids is 1. The minimum atomic E-state index is -0.255. The van der Waals surface area contributed by atoms with E-state index in [1.165, 1.54) is 26.4 Å². The summed E-state index contributed by atoms with van der Waals surface area (Å²) >= 11 is 0. The molecule has 0 aliphatic rings. The molecule has 0 saturated carbocycles. The van der Waals surface area contributed by atoms with Crippen molar-refractivity contribution >= 4 is 5.91 Å². The molecule has 0 saturated heterocycles. The molecule has 114 valence electrons. The van der Waals surface area contributed by atoms with Crippen molar-refractivity contribution < 1.29 is 19.4 Å². The molecule has 1 N–H and O–H groups in total. The van der Waals surface area contributed by atoms with Crippen LogP contribution in [-0.4, -0.2) is 43.2 Å². The number of aromatic hydroxyl groups is 1. The van der Waals surface area contributed by atoms with Crippen molar-refractivity contribution in [1.29, 1.82) is 5.26 Å². The fourth-order valence-electron chi connectivity index (χ4n) is 1.93. The molecule has 1 atom stereocenters. The molecule has 6 nitrogen and oxygen atoms in total. The molecule has 1 aromatic carbocycles. The van der Waals surface area contributed by atoms with Gasteiger partial charge in [-0.1, -0.05) is 0 Å². The molecule has 0 spiro atoms. The maximum Gasteiger partial charge on any atom is 0.254 e. The van der Waals surface area contributed by atoms with Crippen LogP contribution in [0.5, 0.6) is 17.2 Å². The van der Waals surface area contributed by atoms with Crippen LogP contribution in [0, 0.1) is 17.2 Å². The molecule has 1 amide bonds. The van der Waals surface area contributed by atoms with Gasteiger partial charge in [0.15, 0.2) is 11.5 Å². The number of phenolic OH excluding ortho intramolecular Hbond substituents is 1. The molecule has 1 rings (SSSR count). The lowest BCUT2D eigenvalue weighted by Gasteiger charge is -2.22. The third-order valence-corrected chi connectivity index (χ3v) is 3.11. The van der Waals surface area contributed by atoms with E-state index < -0.39 is 0 Å². The minimum Gasteiger partial charge on any atom is -0.502 e. The van der Waals surface area contributed by atoms with E-state index in [4.69, 9.17) is 14.7 Å². The predicted molar refractivity (Wildman–Crippen MR) is 77.6 cm³/mol. The van der Waals surface area contributed by atoms with Gasteiger partial charge in [0.2, 0.25) is 5.75 Å². The van der Waals surface area contributed by atoms with Gasteiger partial charge in [-0.3, -0.25) is 4.79 Å². The highest BCUT2D eigenvalue weighted by Crippen LogP contribution is 2.37. The van der Waals surface area contributed by atoms with Crippen molar-refractivity contribution in [3.63, 3.8) is 0 Å². The Morgan fingerprint density at radius 2 is 1.90 bits per heavy atom. The van der Waals surface area contributed by atoms with Crippen LogP contribution in [0.15, 0.2) is 12.1 Å². The van der Waals surface area contributed by atoms with Crippen molar-refractivity contribution in [2.45, 2.75) is 13.8 Å². The summed E-state index contributed by atoms with van der Waals surface area (Å²) in [5.41, 5.74) is 0.341. The number of ether oxygens (including phenoxy) is 2. The summed E-state index contributed by atoms with van der Waals surface area (Å²) in [4.78, 5) is 14.1. The van der Waals surface area contributed by atoms with Crippen molar-refractivity contribution in [1.82, 2.24) is 4.90 Å². The molecular formula is C15H20N2O4. The number of nitriles is 1. The number of rotatable bonds is 6. The molecule has 0 aliphatic heterocycles. The second-order valence-corrected chi connectivity index (χ2v) is 4.60. The fourth-order valence-corrected chi connectivity index (χ4v) is 1.93. The van der Waals surface area contributed by atoms with Crippen molar-refractivity contribution in [3.8, 4) is 23.3 Å². The SMILES string of the molecule is CCN(C[C@H](C)C#N)C(=O)c1cc(OC)c(O)c(OC)c1. The lowest BCUT2D eigenvalue weighted by Crippen LogP contribution is -2.34. The van der Waals surface area contributed by atoms with Crippen molar-refractivity contribution in [2.24, 2.45) is 5.92 Å². The Bertz CT molecular complexity index is 526. The number of amides is 1. The number of carbonyl (C=O) groups is 1. The van der Waals surface area contributed by atoms with Crippen LogP contribution in [0.25, 0.3) is 0 Å². The normalized spacial score (nSPS) is 11.4. The van der Waals surface area contributed by atoms with Gasteiger partial charge in [0.1, 0.15) is 0 Å². The topological polar surface area (TPSA) is 82.8 Å². The second-order valence-electron chi connectivity index (χ2n) is 4.60. The van der Waals surface area contributed by atoms with E-state index in [0.29, 0.717) is 18.7 Å². The van der Waals surface area contributed by atoms with Gasteiger partial charge in [-0.15, -0.1) is 0 Å². The quantitative estimate of drug-likeness (QED) is 0.867. The zero-order valence-corrected chi connectivity index (χ0v) is 12.7. The molecule has 0 unspecified atom stereocenters. The van der Waals surface area contributed by atoms with Gasteiger partial charge in [0.05, 0.1) is 26.2 Å². The molecule has 6 heteroatoms. The number of phenols is 1. The third kappa shape index (κ3) is 3.78. The third-order valence-electron chi connectivity index (χ3n) is 3.11. The van der Waals surface area contributed by atoms with Crippen LogP contribution in [0.3, 0.4) is 0 Å². The van der Waals surface area contributed by atoms with Gasteiger partial charge >= 0.3 is 0 Å². The first-order chi connectivity index (χ1) is 9.98. The summed E-state index contributed by atoms with van der Waals surface area (Å²) in [6.45, 7) is 4.43. The molecule has 0 aromatic heterocycles. The lowest BCUT2D eigenvalue weighted by molar-refractivity contribution is 0.0752. The summed E-state index contributed by atoms with van der Waals surface area (Å²) in [6, 6.07) is 5.02. The number of hydrogen-bond donors (Lipinski definition) is 1. The Morgan fingerprint density at radius 3 is 2.29 bits per heavy atom. The highest BCUT2D eigenvalue weighted by atomic mass is 16.5. The monoisotopic (exact) mass is 292 g/mol. The predicted octanol–water partition coefficient (Wildman–Crippen LogP) is 2.03. The zero-order chi connectivity index (χ0) is 16.0. The Morgan fingerprint density at radius 1 is 1.38 bits per heavy atom. The molecule has 0 heterocycles. The smallest absolute Gasteiger partial charge is 0.254 e. The Hall–Kier alpha value is -2.42. The maximum absolute atomic E-state index is 12.5. The number of benzene rings is 1. The van der Waals surface area contributed by atoms with Gasteiger partial charge < -0.3 is 19.5 Å². The molecule has 21 heavy (non-hydrogen) atoms. The largest absolute Gasteiger partial charge is 0.502 e. The summed E-state index contributed by atoms with van der Waals surface area (Å²) in [5, 5.41) is 18.7. The van der Waals surface area contributed by atoms with Crippen LogP contribution in [0.2, 0.25) is 0 Å². The van der Waals surface area contributed by atoms with Crippen LogP contribution < -0.4 is 9.47 Å². The van der Waals surface area contributed by atoms with Gasteiger partial charge in [0, 0.05) is 18.7 Å². The molecule has 0 bridgehead atoms. The highest BCUT2D eigenvalue weighted by molar-refractivity contribution is 5.95. The van der Waals surface area contributed by atoms with E-state index >= 15 is 0 Å². The fraction of sp³-hybridized carbons (Fsp3) is 0.467. The van der Waals surface area contributed by atoms with Crippen molar-refractivity contribution in [2.75, 3.05) is 27.3 Å². The standard InChI is InChI=1S/C15H20N2O4/c1-5-17(9-10(2)8-16)15(19)11-6-12(20-3)14(18)13(7-11)21-4/h6-7,10,18H,5,9H2,1-4H3/t10-/m1/s1. The van der Waals surface area contributed by atoms with Crippen LogP contribution in [0.4, 0.5) is 0 Å². The Kier molecular flexibility index (Phi) is 5.85. The number of nitrogens with zero attached hydrogens (tertiary/aromatic N) is 2. The molecule has 0 fully saturated rings. The molecule has 0 radical (unpaired) electrons. The zero-order valence-electron chi connectivity index (χ0n) is 12.7. The first kappa shape index (κ1) is 16.6. The van der Waals surface area contributed by atoms with E-state index in [2.05, 4.69) is 6.07 Å². The second kappa shape index (κ2) is 7.39. The van der Waals surface area contributed by atoms with E-state index in [-0.39, 0.29) is 29.1 Å². The number of hydrogen-bond acceptors (Lipinski definition) is 5. The van der Waals surface area contributed by atoms with Gasteiger partial charge in [0.25, 0.3) is 5.91 Å². The van der Waals surface area contributed by atoms with E-state index in [1.54, 1.807) is 11.8 Å². The first-order valence-electron chi connectivity index (χ1n) is 6.62. The van der Waals surface area contributed by atoms with Gasteiger partial charge in [-0.25, -0.2) is 0 Å². The van der Waals surface area contributed by atoms with E-state index in [9.17, 15) is 9.90 Å². The first-order valence-corrected chi connectivity index (χ1v) is 6.62. The summed E-state index contributed by atoms with van der Waals surface area (Å²) in [5.74, 6) is -0.305. The average molecular weight is 292 g/mol. The van der Waals surface area contributed by atoms with E-state index in [1.807, 2.05) is 6.92 Å². The van der Waals surface area contributed by atoms with Crippen LogP contribution in [0.1, 0.15) is 24.2 Å². The summed E-state index contributed by atoms with van der Waals surface area (Å²) in [7, 11) is 2.80. The maximum atomic E-state index is 12.5. The Labute approximate surface area is 124 Å². The average Bonchev–Trinajstić information content (AvgIpc) is 2.51. The summed E-state index contributed by atoms with van der Waals surface area (Å²) in [6.07, 6.45) is 0. The van der Waals surface area contributed by atoms with Crippen molar-refractivity contribution in [3.05, 3.63) is 17.7 Å². The molecular weight excluding hydrogens is 272 g/mol. The Balaban J connectivity index is 3.14. The van der Waals surface area contributed by atoms with Crippen LogP contribution >= 0.6 is 0 Å². The van der Waals surface area contributed by atoms with Gasteiger partial charge in [-0.05, 0) is 26.0 Å². The van der Waals surface area contributed by atoms with Gasteiger partial charge in [-0.2, -0.15) is 5.26 Å². The van der Waals surface area contributed by atoms with Crippen LogP contribution in [-0.2, 0) is 0 Å². The summed E-state index contributed by atoms with van der Waals surface area (Å²) < 4.78 is 10.1. The van der Waals surface area contributed by atoms with E-state index in [0.717, 1.165) is 0 Å². The minimum absolute atomic E-state index is 0.148. The highest BCUT2D eigenvalue weighted by Gasteiger charge is 2.20. The molecule has 0 aliphatic carbocycles. The lowest BCUT2D eigenvalue weighted by atomic mass is 10.1. The number of methoxy groups -OCH3 is 2.